The first-order valence-corrected chi connectivity index (χ1v) is 12.2. The van der Waals surface area contributed by atoms with Crippen molar-refractivity contribution in [2.75, 3.05) is 9.44 Å². The molecular formula is C21H19FN2O4S2. The molecule has 30 heavy (non-hydrogen) atoms. The molecule has 1 aliphatic carbocycles. The van der Waals surface area contributed by atoms with Gasteiger partial charge in [0.15, 0.2) is 0 Å². The fourth-order valence-electron chi connectivity index (χ4n) is 3.40. The fraction of sp³-hybridized carbons (Fsp3) is 0.143. The van der Waals surface area contributed by atoms with Gasteiger partial charge in [0.05, 0.1) is 21.2 Å². The molecule has 0 saturated carbocycles. The highest BCUT2D eigenvalue weighted by atomic mass is 32.2. The zero-order valence-electron chi connectivity index (χ0n) is 15.8. The van der Waals surface area contributed by atoms with Crippen LogP contribution >= 0.6 is 0 Å². The topological polar surface area (TPSA) is 92.3 Å². The number of para-hydroxylation sites is 2. The van der Waals surface area contributed by atoms with Gasteiger partial charge in [0.1, 0.15) is 5.82 Å². The number of sulfonamides is 2. The van der Waals surface area contributed by atoms with Gasteiger partial charge in [-0.1, -0.05) is 18.2 Å². The van der Waals surface area contributed by atoms with Gasteiger partial charge in [0, 0.05) is 0 Å². The third-order valence-electron chi connectivity index (χ3n) is 4.92. The Balaban J connectivity index is 1.63. The van der Waals surface area contributed by atoms with E-state index in [0.29, 0.717) is 0 Å². The van der Waals surface area contributed by atoms with Crippen LogP contribution in [-0.4, -0.2) is 16.8 Å². The first-order chi connectivity index (χ1) is 14.2. The van der Waals surface area contributed by atoms with E-state index in [4.69, 9.17) is 0 Å². The molecule has 9 heteroatoms. The summed E-state index contributed by atoms with van der Waals surface area (Å²) in [6, 6.07) is 15.5. The van der Waals surface area contributed by atoms with E-state index in [2.05, 4.69) is 9.44 Å². The van der Waals surface area contributed by atoms with Gasteiger partial charge in [0.25, 0.3) is 20.0 Å². The number of hydrogen-bond acceptors (Lipinski definition) is 4. The Kier molecular flexibility index (Phi) is 5.25. The minimum Gasteiger partial charge on any atom is -0.277 e. The quantitative estimate of drug-likeness (QED) is 0.600. The van der Waals surface area contributed by atoms with Crippen LogP contribution in [0.3, 0.4) is 0 Å². The molecule has 0 fully saturated rings. The normalized spacial score (nSPS) is 13.6. The number of aryl methyl sites for hydroxylation is 2. The van der Waals surface area contributed by atoms with E-state index in [1.807, 2.05) is 6.07 Å². The Morgan fingerprint density at radius 3 is 1.83 bits per heavy atom. The second-order valence-corrected chi connectivity index (χ2v) is 10.4. The van der Waals surface area contributed by atoms with Crippen LogP contribution in [0.15, 0.2) is 76.5 Å². The maximum absolute atomic E-state index is 13.1. The molecule has 0 heterocycles. The summed E-state index contributed by atoms with van der Waals surface area (Å²) in [5.74, 6) is -0.559. The summed E-state index contributed by atoms with van der Waals surface area (Å²) in [6.07, 6.45) is 2.78. The number of benzene rings is 3. The molecule has 0 amide bonds. The number of hydrogen-bond donors (Lipinski definition) is 2. The Hall–Kier alpha value is -2.91. The van der Waals surface area contributed by atoms with Crippen LogP contribution in [0.5, 0.6) is 0 Å². The van der Waals surface area contributed by atoms with Gasteiger partial charge in [-0.3, -0.25) is 9.44 Å². The van der Waals surface area contributed by atoms with Crippen molar-refractivity contribution in [1.82, 2.24) is 0 Å². The molecule has 3 aromatic rings. The summed E-state index contributed by atoms with van der Waals surface area (Å²) >= 11 is 0. The highest BCUT2D eigenvalue weighted by Crippen LogP contribution is 2.29. The molecule has 0 saturated heterocycles. The smallest absolute Gasteiger partial charge is 0.261 e. The zero-order valence-corrected chi connectivity index (χ0v) is 17.4. The average molecular weight is 447 g/mol. The SMILES string of the molecule is O=S(=O)(Nc1ccccc1NS(=O)(=O)c1ccc2c(c1)CCC2)c1ccc(F)cc1. The van der Waals surface area contributed by atoms with Crippen LogP contribution in [0.25, 0.3) is 0 Å². The lowest BCUT2D eigenvalue weighted by atomic mass is 10.1. The van der Waals surface area contributed by atoms with E-state index in [1.54, 1.807) is 24.3 Å². The third kappa shape index (κ3) is 4.17. The molecule has 0 atom stereocenters. The lowest BCUT2D eigenvalue weighted by molar-refractivity contribution is 0.598. The fourth-order valence-corrected chi connectivity index (χ4v) is 5.61. The molecule has 1 aliphatic rings. The average Bonchev–Trinajstić information content (AvgIpc) is 3.17. The Labute approximate surface area is 174 Å². The van der Waals surface area contributed by atoms with Gasteiger partial charge in [-0.05, 0) is 78.9 Å². The summed E-state index contributed by atoms with van der Waals surface area (Å²) < 4.78 is 69.0. The minimum atomic E-state index is -4.03. The van der Waals surface area contributed by atoms with Gasteiger partial charge in [-0.15, -0.1) is 0 Å². The highest BCUT2D eigenvalue weighted by Gasteiger charge is 2.21. The van der Waals surface area contributed by atoms with Crippen molar-refractivity contribution in [3.63, 3.8) is 0 Å². The predicted molar refractivity (Wildman–Crippen MR) is 113 cm³/mol. The van der Waals surface area contributed by atoms with Gasteiger partial charge in [-0.25, -0.2) is 21.2 Å². The van der Waals surface area contributed by atoms with E-state index >= 15 is 0 Å². The van der Waals surface area contributed by atoms with Crippen LogP contribution in [0.2, 0.25) is 0 Å². The second kappa shape index (κ2) is 7.73. The molecule has 0 spiro atoms. The maximum Gasteiger partial charge on any atom is 0.261 e. The van der Waals surface area contributed by atoms with Crippen molar-refractivity contribution in [2.45, 2.75) is 29.1 Å². The number of rotatable bonds is 6. The highest BCUT2D eigenvalue weighted by molar-refractivity contribution is 7.93. The standard InChI is InChI=1S/C21H19FN2O4S2/c22-17-9-12-18(13-10-17)29(25,26)23-20-6-1-2-7-21(20)24-30(27,28)19-11-8-15-4-3-5-16(15)14-19/h1-2,6-14,23-24H,3-5H2. The number of anilines is 2. The van der Waals surface area contributed by atoms with Crippen LogP contribution in [0, 0.1) is 5.82 Å². The molecule has 3 aromatic carbocycles. The van der Waals surface area contributed by atoms with Gasteiger partial charge in [-0.2, -0.15) is 0 Å². The Bertz CT molecular complexity index is 1310. The molecule has 4 rings (SSSR count). The molecular weight excluding hydrogens is 427 g/mol. The summed E-state index contributed by atoms with van der Waals surface area (Å²) in [4.78, 5) is -0.0143. The molecule has 6 nitrogen and oxygen atoms in total. The molecule has 2 N–H and O–H groups in total. The number of halogens is 1. The second-order valence-electron chi connectivity index (χ2n) is 6.99. The molecule has 0 aliphatic heterocycles. The number of nitrogens with one attached hydrogen (secondary N) is 2. The monoisotopic (exact) mass is 446 g/mol. The molecule has 0 bridgehead atoms. The van der Waals surface area contributed by atoms with Crippen LogP contribution in [-0.2, 0) is 32.9 Å². The molecule has 156 valence electrons. The van der Waals surface area contributed by atoms with E-state index in [-0.39, 0.29) is 21.2 Å². The first kappa shape index (κ1) is 20.4. The summed E-state index contributed by atoms with van der Waals surface area (Å²) in [6.45, 7) is 0. The predicted octanol–water partition coefficient (Wildman–Crippen LogP) is 3.92. The van der Waals surface area contributed by atoms with Crippen molar-refractivity contribution < 1.29 is 21.2 Å². The minimum absolute atomic E-state index is 0.0616. The van der Waals surface area contributed by atoms with Crippen molar-refractivity contribution >= 4 is 31.4 Å². The van der Waals surface area contributed by atoms with E-state index in [9.17, 15) is 21.2 Å². The Morgan fingerprint density at radius 1 is 0.667 bits per heavy atom. The Morgan fingerprint density at radius 2 is 1.20 bits per heavy atom. The van der Waals surface area contributed by atoms with Crippen molar-refractivity contribution in [3.05, 3.63) is 83.7 Å². The zero-order chi connectivity index (χ0) is 21.4. The molecule has 0 radical (unpaired) electrons. The largest absolute Gasteiger partial charge is 0.277 e. The first-order valence-electron chi connectivity index (χ1n) is 9.27. The van der Waals surface area contributed by atoms with Gasteiger partial charge >= 0.3 is 0 Å². The summed E-state index contributed by atoms with van der Waals surface area (Å²) in [5, 5.41) is 0. The lowest BCUT2D eigenvalue weighted by Crippen LogP contribution is -2.17. The van der Waals surface area contributed by atoms with Crippen LogP contribution < -0.4 is 9.44 Å². The van der Waals surface area contributed by atoms with Gasteiger partial charge in [0.2, 0.25) is 0 Å². The van der Waals surface area contributed by atoms with Crippen LogP contribution in [0.4, 0.5) is 15.8 Å². The van der Waals surface area contributed by atoms with E-state index in [1.165, 1.54) is 12.1 Å². The summed E-state index contributed by atoms with van der Waals surface area (Å²) in [7, 11) is -7.95. The van der Waals surface area contributed by atoms with Crippen molar-refractivity contribution in [1.29, 1.82) is 0 Å². The molecule has 0 aromatic heterocycles. The summed E-state index contributed by atoms with van der Waals surface area (Å²) in [5.41, 5.74) is 2.32. The van der Waals surface area contributed by atoms with Crippen molar-refractivity contribution in [2.24, 2.45) is 0 Å². The third-order valence-corrected chi connectivity index (χ3v) is 7.66. The van der Waals surface area contributed by atoms with Gasteiger partial charge < -0.3 is 0 Å². The maximum atomic E-state index is 13.1. The van der Waals surface area contributed by atoms with E-state index < -0.39 is 25.9 Å². The number of fused-ring (bicyclic) bond motifs is 1. The molecule has 0 unspecified atom stereocenters. The van der Waals surface area contributed by atoms with E-state index in [0.717, 1.165) is 54.7 Å². The van der Waals surface area contributed by atoms with Crippen LogP contribution in [0.1, 0.15) is 17.5 Å². The lowest BCUT2D eigenvalue weighted by Gasteiger charge is -2.15. The van der Waals surface area contributed by atoms with Crippen molar-refractivity contribution in [3.8, 4) is 0 Å².